The molecule has 2 unspecified atom stereocenters. The van der Waals surface area contributed by atoms with Gasteiger partial charge >= 0.3 is 29.6 Å². The zero-order valence-electron chi connectivity index (χ0n) is 18.3. The fraction of sp³-hybridized carbons (Fsp3) is 1.00. The van der Waals surface area contributed by atoms with Crippen molar-refractivity contribution in [3.63, 3.8) is 0 Å². The maximum Gasteiger partial charge on any atom is 1.00 e. The van der Waals surface area contributed by atoms with Gasteiger partial charge in [0, 0.05) is 0 Å². The molecule has 0 rings (SSSR count). The van der Waals surface area contributed by atoms with E-state index in [-0.39, 0.29) is 36.0 Å². The van der Waals surface area contributed by atoms with Crippen LogP contribution in [0.4, 0.5) is 0 Å². The van der Waals surface area contributed by atoms with Crippen LogP contribution in [-0.4, -0.2) is 29.4 Å². The van der Waals surface area contributed by atoms with E-state index in [1.54, 1.807) is 0 Å². The Labute approximate surface area is 191 Å². The third-order valence-corrected chi connectivity index (χ3v) is 6.46. The van der Waals surface area contributed by atoms with Crippen LogP contribution in [0.2, 0.25) is 0 Å². The van der Waals surface area contributed by atoms with E-state index in [1.165, 1.54) is 44.9 Å². The molecule has 0 fully saturated rings. The summed E-state index contributed by atoms with van der Waals surface area (Å²) >= 11 is 0. The summed E-state index contributed by atoms with van der Waals surface area (Å²) in [5.41, 5.74) is 0. The van der Waals surface area contributed by atoms with Gasteiger partial charge in [0.05, 0.1) is 21.5 Å². The van der Waals surface area contributed by atoms with Crippen LogP contribution in [0.1, 0.15) is 123 Å². The Kier molecular flexibility index (Phi) is 22.4. The average Bonchev–Trinajstić information content (AvgIpc) is 2.58. The Bertz CT molecular complexity index is 401. The van der Waals surface area contributed by atoms with Crippen molar-refractivity contribution < 1.29 is 47.6 Å². The predicted octanol–water partition coefficient (Wildman–Crippen LogP) is 2.94. The molecular weight excluding hydrogens is 371 g/mol. The molecule has 0 aliphatic carbocycles. The van der Waals surface area contributed by atoms with Gasteiger partial charge in [-0.25, -0.2) is 8.42 Å². The first-order chi connectivity index (χ1) is 12.4. The van der Waals surface area contributed by atoms with Crippen LogP contribution in [0, 0.1) is 0 Å². The molecule has 0 spiro atoms. The topological polar surface area (TPSA) is 77.4 Å². The van der Waals surface area contributed by atoms with Crippen molar-refractivity contribution in [1.29, 1.82) is 0 Å². The minimum Gasteiger partial charge on any atom is -0.748 e. The smallest absolute Gasteiger partial charge is 0.748 e. The van der Waals surface area contributed by atoms with Gasteiger partial charge in [0.15, 0.2) is 0 Å². The van der Waals surface area contributed by atoms with Gasteiger partial charge in [-0.2, -0.15) is 0 Å². The van der Waals surface area contributed by atoms with E-state index in [2.05, 4.69) is 13.8 Å². The predicted molar refractivity (Wildman–Crippen MR) is 109 cm³/mol. The first-order valence-electron chi connectivity index (χ1n) is 11.0. The molecule has 0 saturated heterocycles. The van der Waals surface area contributed by atoms with E-state index in [9.17, 15) is 18.1 Å². The second kappa shape index (κ2) is 20.2. The maximum absolute atomic E-state index is 11.4. The summed E-state index contributed by atoms with van der Waals surface area (Å²) in [6.45, 7) is 4.36. The van der Waals surface area contributed by atoms with Crippen molar-refractivity contribution in [1.82, 2.24) is 0 Å². The molecule has 1 N–H and O–H groups in total. The third kappa shape index (κ3) is 19.9. The molecule has 6 heteroatoms. The Hall–Kier alpha value is 0.870. The first-order valence-corrected chi connectivity index (χ1v) is 12.5. The quantitative estimate of drug-likeness (QED) is 0.200. The number of hydrogen-bond donors (Lipinski definition) is 1. The maximum atomic E-state index is 11.4. The van der Waals surface area contributed by atoms with Crippen LogP contribution in [0.5, 0.6) is 0 Å². The summed E-state index contributed by atoms with van der Waals surface area (Å²) < 4.78 is 34.3. The second-order valence-corrected chi connectivity index (χ2v) is 9.48. The first kappa shape index (κ1) is 30.1. The van der Waals surface area contributed by atoms with Gasteiger partial charge in [0.25, 0.3) is 0 Å². The van der Waals surface area contributed by atoms with E-state index in [0.717, 1.165) is 44.9 Å². The van der Waals surface area contributed by atoms with E-state index >= 15 is 0 Å². The second-order valence-electron chi connectivity index (χ2n) is 7.82. The Morgan fingerprint density at radius 2 is 1.07 bits per heavy atom. The van der Waals surface area contributed by atoms with Crippen LogP contribution in [0.25, 0.3) is 0 Å². The normalized spacial score (nSPS) is 13.9. The molecular formula is C21H43NaO4S. The number of unbranched alkanes of at least 4 members (excludes halogenated alkanes) is 12. The van der Waals surface area contributed by atoms with Crippen molar-refractivity contribution in [3.8, 4) is 0 Å². The molecule has 0 aliphatic heterocycles. The number of aliphatic hydroxyl groups is 1. The summed E-state index contributed by atoms with van der Waals surface area (Å²) in [4.78, 5) is 0. The molecule has 4 nitrogen and oxygen atoms in total. The minimum absolute atomic E-state index is 0. The van der Waals surface area contributed by atoms with Crippen molar-refractivity contribution in [2.75, 3.05) is 0 Å². The van der Waals surface area contributed by atoms with E-state index < -0.39 is 21.5 Å². The number of aliphatic hydroxyl groups excluding tert-OH is 1. The zero-order chi connectivity index (χ0) is 19.7. The minimum atomic E-state index is -4.31. The summed E-state index contributed by atoms with van der Waals surface area (Å²) in [7, 11) is -4.31. The fourth-order valence-electron chi connectivity index (χ4n) is 3.47. The van der Waals surface area contributed by atoms with Crippen molar-refractivity contribution in [2.45, 2.75) is 134 Å². The molecule has 0 aromatic rings. The molecule has 0 aromatic heterocycles. The SMILES string of the molecule is CCCCCCCCCCCC(O)CC(CCCCCCC)S(=O)(=O)[O-].[Na+]. The van der Waals surface area contributed by atoms with Gasteiger partial charge in [-0.3, -0.25) is 0 Å². The van der Waals surface area contributed by atoms with Crippen molar-refractivity contribution in [3.05, 3.63) is 0 Å². The van der Waals surface area contributed by atoms with Gasteiger partial charge in [-0.15, -0.1) is 0 Å². The standard InChI is InChI=1S/C21H44O4S.Na/c1-3-5-7-9-10-11-12-14-15-17-20(22)19-21(26(23,24)25)18-16-13-8-6-4-2;/h20-22H,3-19H2,1-2H3,(H,23,24,25);/q;+1/p-1. The molecule has 2 atom stereocenters. The Morgan fingerprint density at radius 3 is 1.48 bits per heavy atom. The van der Waals surface area contributed by atoms with Crippen LogP contribution in [0.3, 0.4) is 0 Å². The molecule has 27 heavy (non-hydrogen) atoms. The fourth-order valence-corrected chi connectivity index (χ4v) is 4.38. The van der Waals surface area contributed by atoms with Crippen LogP contribution in [-0.2, 0) is 10.1 Å². The van der Waals surface area contributed by atoms with Crippen molar-refractivity contribution >= 4 is 10.1 Å². The molecule has 0 saturated carbocycles. The van der Waals surface area contributed by atoms with Gasteiger partial charge in [-0.05, 0) is 19.3 Å². The molecule has 0 bridgehead atoms. The van der Waals surface area contributed by atoms with Gasteiger partial charge in [0.2, 0.25) is 0 Å². The Balaban J connectivity index is 0. The van der Waals surface area contributed by atoms with Crippen LogP contribution >= 0.6 is 0 Å². The van der Waals surface area contributed by atoms with Crippen LogP contribution in [0.15, 0.2) is 0 Å². The van der Waals surface area contributed by atoms with Gasteiger partial charge in [-0.1, -0.05) is 104 Å². The largest absolute Gasteiger partial charge is 1.00 e. The Morgan fingerprint density at radius 1 is 0.704 bits per heavy atom. The molecule has 0 aliphatic rings. The van der Waals surface area contributed by atoms with Gasteiger partial charge < -0.3 is 9.66 Å². The molecule has 0 amide bonds. The summed E-state index contributed by atoms with van der Waals surface area (Å²) in [5, 5.41) is 9.20. The molecule has 0 heterocycles. The monoisotopic (exact) mass is 414 g/mol. The summed E-state index contributed by atoms with van der Waals surface area (Å²) in [6, 6.07) is 0. The van der Waals surface area contributed by atoms with Gasteiger partial charge in [0.1, 0.15) is 0 Å². The molecule has 158 valence electrons. The number of hydrogen-bond acceptors (Lipinski definition) is 4. The molecule has 0 aromatic carbocycles. The number of rotatable bonds is 19. The summed E-state index contributed by atoms with van der Waals surface area (Å²) in [6.07, 6.45) is 16.5. The molecule has 0 radical (unpaired) electrons. The van der Waals surface area contributed by atoms with Crippen molar-refractivity contribution in [2.24, 2.45) is 0 Å². The van der Waals surface area contributed by atoms with E-state index in [0.29, 0.717) is 12.8 Å². The summed E-state index contributed by atoms with van der Waals surface area (Å²) in [5.74, 6) is 0. The van der Waals surface area contributed by atoms with E-state index in [4.69, 9.17) is 0 Å². The zero-order valence-corrected chi connectivity index (χ0v) is 21.1. The van der Waals surface area contributed by atoms with E-state index in [1.807, 2.05) is 0 Å². The average molecular weight is 415 g/mol. The third-order valence-electron chi connectivity index (χ3n) is 5.21. The van der Waals surface area contributed by atoms with Crippen LogP contribution < -0.4 is 29.6 Å².